The van der Waals surface area contributed by atoms with Gasteiger partial charge in [-0.1, -0.05) is 11.2 Å². The van der Waals surface area contributed by atoms with Crippen molar-refractivity contribution in [3.05, 3.63) is 33.9 Å². The number of carbonyl (C=O) groups is 1. The molecule has 0 saturated heterocycles. The number of anilines is 1. The number of amidine groups is 1. The summed E-state index contributed by atoms with van der Waals surface area (Å²) in [5, 5.41) is 23.7. The van der Waals surface area contributed by atoms with E-state index in [0.29, 0.717) is 5.56 Å². The van der Waals surface area contributed by atoms with Crippen LogP contribution in [0.5, 0.6) is 0 Å². The lowest BCUT2D eigenvalue weighted by atomic mass is 10.2. The average molecular weight is 238 g/mol. The smallest absolute Gasteiger partial charge is 0.294 e. The van der Waals surface area contributed by atoms with E-state index in [0.717, 1.165) is 0 Å². The fraction of sp³-hybridized carbons (Fsp3) is 0.111. The summed E-state index contributed by atoms with van der Waals surface area (Å²) in [6, 6.07) is 3.99. The molecule has 0 atom stereocenters. The van der Waals surface area contributed by atoms with Gasteiger partial charge in [0.25, 0.3) is 11.6 Å². The van der Waals surface area contributed by atoms with Crippen LogP contribution in [-0.4, -0.2) is 21.9 Å². The molecule has 0 aliphatic rings. The molecule has 1 rings (SSSR count). The zero-order valence-electron chi connectivity index (χ0n) is 8.88. The van der Waals surface area contributed by atoms with Crippen LogP contribution < -0.4 is 11.1 Å². The van der Waals surface area contributed by atoms with Crippen LogP contribution in [-0.2, 0) is 4.79 Å². The summed E-state index contributed by atoms with van der Waals surface area (Å²) in [5.41, 5.74) is 5.76. The van der Waals surface area contributed by atoms with Crippen molar-refractivity contribution < 1.29 is 14.9 Å². The number of nitrogens with two attached hydrogens (primary N) is 1. The van der Waals surface area contributed by atoms with Gasteiger partial charge in [-0.15, -0.1) is 0 Å². The molecule has 0 heterocycles. The van der Waals surface area contributed by atoms with Crippen molar-refractivity contribution in [3.63, 3.8) is 0 Å². The Morgan fingerprint density at radius 3 is 2.76 bits per heavy atom. The first-order valence-corrected chi connectivity index (χ1v) is 4.49. The van der Waals surface area contributed by atoms with Crippen LogP contribution in [0.15, 0.2) is 23.4 Å². The first-order valence-electron chi connectivity index (χ1n) is 4.49. The molecular formula is C9H10N4O4. The first-order chi connectivity index (χ1) is 7.95. The summed E-state index contributed by atoms with van der Waals surface area (Å²) in [5.74, 6) is -1.47. The van der Waals surface area contributed by atoms with Crippen LogP contribution in [0, 0.1) is 17.0 Å². The van der Waals surface area contributed by atoms with Crippen LogP contribution >= 0.6 is 0 Å². The van der Waals surface area contributed by atoms with Crippen LogP contribution in [0.2, 0.25) is 0 Å². The molecule has 0 fully saturated rings. The number of nitrogens with zero attached hydrogens (tertiary/aromatic N) is 2. The maximum atomic E-state index is 11.3. The van der Waals surface area contributed by atoms with E-state index < -0.39 is 16.7 Å². The third kappa shape index (κ3) is 2.91. The van der Waals surface area contributed by atoms with Crippen molar-refractivity contribution >= 4 is 23.1 Å². The van der Waals surface area contributed by atoms with E-state index in [9.17, 15) is 14.9 Å². The molecule has 0 bridgehead atoms. The van der Waals surface area contributed by atoms with E-state index >= 15 is 0 Å². The van der Waals surface area contributed by atoms with Gasteiger partial charge in [0.05, 0.1) is 10.6 Å². The largest absolute Gasteiger partial charge is 0.409 e. The molecule has 0 spiro atoms. The molecule has 0 aromatic heterocycles. The van der Waals surface area contributed by atoms with Crippen LogP contribution in [0.3, 0.4) is 0 Å². The van der Waals surface area contributed by atoms with E-state index in [1.807, 2.05) is 0 Å². The van der Waals surface area contributed by atoms with Crippen LogP contribution in [0.25, 0.3) is 0 Å². The molecular weight excluding hydrogens is 228 g/mol. The molecule has 1 aromatic carbocycles. The van der Waals surface area contributed by atoms with E-state index in [1.54, 1.807) is 6.92 Å². The van der Waals surface area contributed by atoms with Gasteiger partial charge in [-0.05, 0) is 12.5 Å². The number of aryl methyl sites for hydroxylation is 1. The minimum Gasteiger partial charge on any atom is -0.409 e. The zero-order valence-corrected chi connectivity index (χ0v) is 8.88. The Bertz CT molecular complexity index is 498. The minimum absolute atomic E-state index is 0.162. The van der Waals surface area contributed by atoms with E-state index in [-0.39, 0.29) is 11.4 Å². The van der Waals surface area contributed by atoms with Gasteiger partial charge in [-0.25, -0.2) is 0 Å². The molecule has 1 aromatic rings. The second-order valence-electron chi connectivity index (χ2n) is 3.20. The van der Waals surface area contributed by atoms with Crippen molar-refractivity contribution in [2.75, 3.05) is 5.32 Å². The number of non-ortho nitro benzene ring substituents is 1. The quantitative estimate of drug-likeness (QED) is 0.228. The molecule has 17 heavy (non-hydrogen) atoms. The van der Waals surface area contributed by atoms with Crippen molar-refractivity contribution in [1.82, 2.24) is 0 Å². The van der Waals surface area contributed by atoms with Crippen molar-refractivity contribution in [2.24, 2.45) is 10.9 Å². The van der Waals surface area contributed by atoms with Crippen molar-refractivity contribution in [2.45, 2.75) is 6.92 Å². The normalized spacial score (nSPS) is 11.0. The summed E-state index contributed by atoms with van der Waals surface area (Å²) in [4.78, 5) is 21.2. The van der Waals surface area contributed by atoms with Crippen molar-refractivity contribution in [1.29, 1.82) is 0 Å². The number of oxime groups is 1. The fourth-order valence-corrected chi connectivity index (χ4v) is 1.09. The van der Waals surface area contributed by atoms with E-state index in [4.69, 9.17) is 10.9 Å². The Balaban J connectivity index is 3.02. The number of benzene rings is 1. The van der Waals surface area contributed by atoms with Gasteiger partial charge >= 0.3 is 0 Å². The monoisotopic (exact) mass is 238 g/mol. The number of hydrogen-bond donors (Lipinski definition) is 3. The standard InChI is InChI=1S/C9H10N4O4/c1-5-2-3-6(13(16)17)4-7(5)11-9(14)8(10)12-15/h2-4,15H,1H3,(H2,10,12)(H,11,14). The molecule has 0 aliphatic carbocycles. The Morgan fingerprint density at radius 2 is 2.24 bits per heavy atom. The molecule has 4 N–H and O–H groups in total. The maximum Gasteiger partial charge on any atom is 0.294 e. The molecule has 0 saturated carbocycles. The summed E-state index contributed by atoms with van der Waals surface area (Å²) < 4.78 is 0. The molecule has 0 unspecified atom stereocenters. The summed E-state index contributed by atoms with van der Waals surface area (Å²) in [6.45, 7) is 1.66. The lowest BCUT2D eigenvalue weighted by Crippen LogP contribution is -2.30. The summed E-state index contributed by atoms with van der Waals surface area (Å²) in [7, 11) is 0. The second-order valence-corrected chi connectivity index (χ2v) is 3.20. The number of rotatable bonds is 2. The molecule has 90 valence electrons. The van der Waals surface area contributed by atoms with Crippen LogP contribution in [0.4, 0.5) is 11.4 Å². The van der Waals surface area contributed by atoms with E-state index in [2.05, 4.69) is 10.5 Å². The lowest BCUT2D eigenvalue weighted by molar-refractivity contribution is -0.384. The lowest BCUT2D eigenvalue weighted by Gasteiger charge is -2.06. The van der Waals surface area contributed by atoms with Gasteiger partial charge in [0, 0.05) is 12.1 Å². The molecule has 0 radical (unpaired) electrons. The Hall–Kier alpha value is -2.64. The van der Waals surface area contributed by atoms with Gasteiger partial charge < -0.3 is 16.3 Å². The average Bonchev–Trinajstić information content (AvgIpc) is 2.30. The van der Waals surface area contributed by atoms with E-state index in [1.165, 1.54) is 18.2 Å². The highest BCUT2D eigenvalue weighted by molar-refractivity contribution is 6.41. The number of hydrogen-bond acceptors (Lipinski definition) is 5. The number of nitro benzene ring substituents is 1. The second kappa shape index (κ2) is 4.92. The first kappa shape index (κ1) is 12.4. The highest BCUT2D eigenvalue weighted by Crippen LogP contribution is 2.21. The number of amides is 1. The highest BCUT2D eigenvalue weighted by Gasteiger charge is 2.13. The predicted octanol–water partition coefficient (Wildman–Crippen LogP) is 0.588. The number of carbonyl (C=O) groups excluding carboxylic acids is 1. The topological polar surface area (TPSA) is 131 Å². The van der Waals surface area contributed by atoms with Crippen LogP contribution in [0.1, 0.15) is 5.56 Å². The van der Waals surface area contributed by atoms with Crippen molar-refractivity contribution in [3.8, 4) is 0 Å². The predicted molar refractivity (Wildman–Crippen MR) is 59.9 cm³/mol. The van der Waals surface area contributed by atoms with Gasteiger partial charge in [0.1, 0.15) is 0 Å². The Kier molecular flexibility index (Phi) is 3.60. The molecule has 0 aliphatic heterocycles. The summed E-state index contributed by atoms with van der Waals surface area (Å²) in [6.07, 6.45) is 0. The van der Waals surface area contributed by atoms with Gasteiger partial charge in [-0.3, -0.25) is 14.9 Å². The Labute approximate surface area is 95.9 Å². The molecule has 8 heteroatoms. The van der Waals surface area contributed by atoms with Gasteiger partial charge in [0.15, 0.2) is 0 Å². The maximum absolute atomic E-state index is 11.3. The summed E-state index contributed by atoms with van der Waals surface area (Å²) >= 11 is 0. The van der Waals surface area contributed by atoms with Gasteiger partial charge in [-0.2, -0.15) is 0 Å². The third-order valence-corrected chi connectivity index (χ3v) is 2.02. The number of nitro groups is 1. The highest BCUT2D eigenvalue weighted by atomic mass is 16.6. The molecule has 1 amide bonds. The fourth-order valence-electron chi connectivity index (χ4n) is 1.09. The third-order valence-electron chi connectivity index (χ3n) is 2.02. The SMILES string of the molecule is Cc1ccc([N+](=O)[O-])cc1NC(=O)/C(N)=N/O. The number of nitrogens with one attached hydrogen (secondary N) is 1. The zero-order chi connectivity index (χ0) is 13.0. The molecule has 8 nitrogen and oxygen atoms in total. The minimum atomic E-state index is -0.837. The Morgan fingerprint density at radius 1 is 1.59 bits per heavy atom. The van der Waals surface area contributed by atoms with Gasteiger partial charge in [0.2, 0.25) is 5.84 Å².